The summed E-state index contributed by atoms with van der Waals surface area (Å²) >= 11 is 0. The van der Waals surface area contributed by atoms with Crippen LogP contribution in [-0.2, 0) is 10.2 Å². The van der Waals surface area contributed by atoms with E-state index in [2.05, 4.69) is 19.8 Å². The summed E-state index contributed by atoms with van der Waals surface area (Å²) in [5.74, 6) is -0.332. The van der Waals surface area contributed by atoms with Crippen LogP contribution in [0.5, 0.6) is 0 Å². The topological polar surface area (TPSA) is 112 Å². The molecule has 9 nitrogen and oxygen atoms in total. The van der Waals surface area contributed by atoms with Gasteiger partial charge in [-0.1, -0.05) is 13.0 Å². The van der Waals surface area contributed by atoms with Gasteiger partial charge in [-0.05, 0) is 67.7 Å². The van der Waals surface area contributed by atoms with Gasteiger partial charge in [0.1, 0.15) is 11.9 Å². The number of nitrogens with one attached hydrogen (secondary N) is 2. The zero-order chi connectivity index (χ0) is 24.2. The number of fused-ring (bicyclic) bond motifs is 1. The monoisotopic (exact) mass is 493 g/mol. The van der Waals surface area contributed by atoms with Crippen molar-refractivity contribution in [1.82, 2.24) is 24.1 Å². The molecule has 3 fully saturated rings. The maximum absolute atomic E-state index is 14.9. The molecule has 0 amide bonds. The summed E-state index contributed by atoms with van der Waals surface area (Å²) in [4.78, 5) is 14.2. The fourth-order valence-electron chi connectivity index (χ4n) is 5.69. The Morgan fingerprint density at radius 1 is 1.21 bits per heavy atom. The van der Waals surface area contributed by atoms with Crippen molar-refractivity contribution >= 4 is 10.2 Å². The van der Waals surface area contributed by atoms with E-state index < -0.39 is 33.7 Å². The Balaban J connectivity index is 1.35. The lowest BCUT2D eigenvalue weighted by molar-refractivity contribution is 0.153. The summed E-state index contributed by atoms with van der Waals surface area (Å²) in [6.07, 6.45) is 2.91. The molecule has 186 valence electrons. The van der Waals surface area contributed by atoms with Gasteiger partial charge in [-0.15, -0.1) is 5.10 Å². The van der Waals surface area contributed by atoms with Gasteiger partial charge >= 0.3 is 5.76 Å². The molecule has 2 aliphatic heterocycles. The minimum absolute atomic E-state index is 0.118. The molecule has 2 aromatic rings. The molecule has 3 heterocycles. The number of rotatable bonds is 7. The number of benzene rings is 1. The number of piperidine rings is 2. The van der Waals surface area contributed by atoms with Crippen molar-refractivity contribution < 1.29 is 17.2 Å². The minimum atomic E-state index is -3.93. The highest BCUT2D eigenvalue weighted by Crippen LogP contribution is 2.46. The van der Waals surface area contributed by atoms with E-state index in [1.165, 1.54) is 16.8 Å². The molecule has 1 aromatic carbocycles. The van der Waals surface area contributed by atoms with E-state index in [0.717, 1.165) is 48.9 Å². The molecule has 4 atom stereocenters. The van der Waals surface area contributed by atoms with Gasteiger partial charge in [0.25, 0.3) is 10.2 Å². The fraction of sp³-hybridized carbons (Fsp3) is 0.652. The van der Waals surface area contributed by atoms with Gasteiger partial charge in [-0.25, -0.2) is 14.3 Å². The third-order valence-electron chi connectivity index (χ3n) is 7.97. The van der Waals surface area contributed by atoms with Gasteiger partial charge in [0.15, 0.2) is 0 Å². The SMILES string of the molecule is Cc1ccc(F)c([C@@H](C)[C@H](NS(=O)(=O)N2CCC(N3CC4CC4C3)CC2)c2n[nH]c(=O)o2)c1C. The van der Waals surface area contributed by atoms with Gasteiger partial charge in [0.05, 0.1) is 0 Å². The Labute approximate surface area is 198 Å². The fourth-order valence-corrected chi connectivity index (χ4v) is 7.15. The average molecular weight is 494 g/mol. The van der Waals surface area contributed by atoms with Crippen LogP contribution in [0.4, 0.5) is 4.39 Å². The van der Waals surface area contributed by atoms with E-state index in [1.807, 2.05) is 6.92 Å². The standard InChI is InChI=1S/C23H32FN5O4S/c1-13-4-5-19(24)20(14(13)2)15(3)21(22-25-26-23(30)33-22)27-34(31,32)29-8-6-18(7-9-29)28-11-16-10-17(16)12-28/h4-5,15-18,21,27H,6-12H2,1-3H3,(H,26,30)/t15-,16?,17?,21+/m1/s1. The van der Waals surface area contributed by atoms with Crippen molar-refractivity contribution in [3.63, 3.8) is 0 Å². The number of H-pyrrole nitrogens is 1. The number of aryl methyl sites for hydroxylation is 1. The molecule has 0 bridgehead atoms. The zero-order valence-corrected chi connectivity index (χ0v) is 20.6. The van der Waals surface area contributed by atoms with E-state index in [1.54, 1.807) is 19.9 Å². The lowest BCUT2D eigenvalue weighted by Crippen LogP contribution is -2.50. The van der Waals surface area contributed by atoms with Crippen LogP contribution in [0.3, 0.4) is 0 Å². The first-order chi connectivity index (χ1) is 16.1. The molecular weight excluding hydrogens is 461 g/mol. The Morgan fingerprint density at radius 2 is 1.88 bits per heavy atom. The molecule has 1 saturated carbocycles. The molecule has 2 N–H and O–H groups in total. The summed E-state index contributed by atoms with van der Waals surface area (Å²) in [5.41, 5.74) is 1.97. The maximum atomic E-state index is 14.9. The third-order valence-corrected chi connectivity index (χ3v) is 9.57. The van der Waals surface area contributed by atoms with E-state index in [4.69, 9.17) is 4.42 Å². The summed E-state index contributed by atoms with van der Waals surface area (Å²) < 4.78 is 50.9. The highest BCUT2D eigenvalue weighted by atomic mass is 32.2. The predicted molar refractivity (Wildman–Crippen MR) is 124 cm³/mol. The minimum Gasteiger partial charge on any atom is -0.391 e. The second-order valence-corrected chi connectivity index (χ2v) is 11.8. The largest absolute Gasteiger partial charge is 0.434 e. The molecule has 3 aliphatic rings. The molecule has 34 heavy (non-hydrogen) atoms. The number of hydrogen-bond acceptors (Lipinski definition) is 6. The summed E-state index contributed by atoms with van der Waals surface area (Å²) in [5, 5.41) is 6.06. The number of hydrogen-bond donors (Lipinski definition) is 2. The molecular formula is C23H32FN5O4S. The molecule has 1 aliphatic carbocycles. The van der Waals surface area contributed by atoms with Crippen LogP contribution in [-0.4, -0.2) is 60.0 Å². The molecule has 5 rings (SSSR count). The normalized spacial score (nSPS) is 25.9. The van der Waals surface area contributed by atoms with Crippen LogP contribution in [0.2, 0.25) is 0 Å². The van der Waals surface area contributed by atoms with Crippen LogP contribution in [0, 0.1) is 31.5 Å². The number of likely N-dealkylation sites (tertiary alicyclic amines) is 1. The van der Waals surface area contributed by atoms with Crippen molar-refractivity contribution in [2.24, 2.45) is 11.8 Å². The smallest absolute Gasteiger partial charge is 0.391 e. The second kappa shape index (κ2) is 8.85. The van der Waals surface area contributed by atoms with Crippen molar-refractivity contribution in [3.05, 3.63) is 51.1 Å². The van der Waals surface area contributed by atoms with E-state index in [9.17, 15) is 17.6 Å². The van der Waals surface area contributed by atoms with E-state index in [-0.39, 0.29) is 5.89 Å². The molecule has 0 spiro atoms. The molecule has 1 aromatic heterocycles. The maximum Gasteiger partial charge on any atom is 0.434 e. The van der Waals surface area contributed by atoms with Crippen LogP contribution in [0.25, 0.3) is 0 Å². The molecule has 11 heteroatoms. The number of halogens is 1. The molecule has 2 unspecified atom stereocenters. The van der Waals surface area contributed by atoms with Gasteiger partial charge < -0.3 is 4.42 Å². The second-order valence-electron chi connectivity index (χ2n) is 10.1. The van der Waals surface area contributed by atoms with E-state index >= 15 is 0 Å². The highest BCUT2D eigenvalue weighted by molar-refractivity contribution is 7.87. The van der Waals surface area contributed by atoms with Gasteiger partial charge in [0, 0.05) is 38.1 Å². The van der Waals surface area contributed by atoms with Crippen molar-refractivity contribution in [3.8, 4) is 0 Å². The van der Waals surface area contributed by atoms with Crippen LogP contribution < -0.4 is 10.5 Å². The van der Waals surface area contributed by atoms with Crippen LogP contribution in [0.1, 0.15) is 60.7 Å². The Morgan fingerprint density at radius 3 is 2.50 bits per heavy atom. The number of aromatic amines is 1. The summed E-state index contributed by atoms with van der Waals surface area (Å²) in [7, 11) is -3.93. The number of aromatic nitrogens is 2. The predicted octanol–water partition coefficient (Wildman–Crippen LogP) is 2.21. The Bertz CT molecular complexity index is 1210. The van der Waals surface area contributed by atoms with Gasteiger partial charge in [-0.2, -0.15) is 17.4 Å². The Hall–Kier alpha value is -2.08. The van der Waals surface area contributed by atoms with Crippen LogP contribution in [0.15, 0.2) is 21.3 Å². The summed E-state index contributed by atoms with van der Waals surface area (Å²) in [6, 6.07) is 2.42. The first-order valence-electron chi connectivity index (χ1n) is 12.0. The first kappa shape index (κ1) is 23.7. The average Bonchev–Trinajstić information content (AvgIpc) is 3.18. The third kappa shape index (κ3) is 4.46. The van der Waals surface area contributed by atoms with Gasteiger partial charge in [-0.3, -0.25) is 4.90 Å². The zero-order valence-electron chi connectivity index (χ0n) is 19.8. The quantitative estimate of drug-likeness (QED) is 0.612. The first-order valence-corrected chi connectivity index (χ1v) is 13.4. The lowest BCUT2D eigenvalue weighted by Gasteiger charge is -2.37. The molecule has 2 saturated heterocycles. The Kier molecular flexibility index (Phi) is 6.16. The van der Waals surface area contributed by atoms with Crippen molar-refractivity contribution in [1.29, 1.82) is 0 Å². The van der Waals surface area contributed by atoms with E-state index in [0.29, 0.717) is 24.7 Å². The lowest BCUT2D eigenvalue weighted by atomic mass is 9.88. The van der Waals surface area contributed by atoms with Crippen molar-refractivity contribution in [2.75, 3.05) is 26.2 Å². The number of nitrogens with zero attached hydrogens (tertiary/aromatic N) is 3. The van der Waals surface area contributed by atoms with Crippen molar-refractivity contribution in [2.45, 2.75) is 58.0 Å². The van der Waals surface area contributed by atoms with Crippen LogP contribution >= 0.6 is 0 Å². The highest BCUT2D eigenvalue weighted by Gasteiger charge is 2.47. The molecule has 0 radical (unpaired) electrons. The van der Waals surface area contributed by atoms with Gasteiger partial charge in [0.2, 0.25) is 5.89 Å². The summed E-state index contributed by atoms with van der Waals surface area (Å²) in [6.45, 7) is 8.47.